The van der Waals surface area contributed by atoms with Gasteiger partial charge in [0, 0.05) is 18.2 Å². The highest BCUT2D eigenvalue weighted by Gasteiger charge is 2.17. The van der Waals surface area contributed by atoms with Gasteiger partial charge in [0.05, 0.1) is 23.8 Å². The highest BCUT2D eigenvalue weighted by Crippen LogP contribution is 2.31. The second-order valence-electron chi connectivity index (χ2n) is 5.40. The first kappa shape index (κ1) is 15.0. The number of hydrogen-bond donors (Lipinski definition) is 1. The summed E-state index contributed by atoms with van der Waals surface area (Å²) in [6.45, 7) is 3.84. The molecule has 0 aliphatic heterocycles. The van der Waals surface area contributed by atoms with Gasteiger partial charge in [0.25, 0.3) is 0 Å². The number of rotatable bonds is 4. The molecule has 0 aliphatic carbocycles. The zero-order valence-corrected chi connectivity index (χ0v) is 13.3. The van der Waals surface area contributed by atoms with E-state index < -0.39 is 0 Å². The molecule has 2 N–H and O–H groups in total. The molecule has 2 heterocycles. The minimum absolute atomic E-state index is 0.530. The lowest BCUT2D eigenvalue weighted by atomic mass is 10.0. The van der Waals surface area contributed by atoms with Crippen molar-refractivity contribution in [2.45, 2.75) is 13.8 Å². The Morgan fingerprint density at radius 2 is 1.91 bits per heavy atom. The molecule has 0 bridgehead atoms. The number of carbonyl (C=O) groups is 1. The van der Waals surface area contributed by atoms with Gasteiger partial charge in [-0.1, -0.05) is 29.8 Å². The standard InChI is InChI=1S/C16H18N6O/c1-11-4-6-13(7-5-11)16-14(8-18-20(16)3)15-9-21(12(2)19-15)22(17)10-23/h4-10H,17H2,1-3H3. The summed E-state index contributed by atoms with van der Waals surface area (Å²) in [7, 11) is 1.89. The van der Waals surface area contributed by atoms with Gasteiger partial charge in [-0.15, -0.1) is 0 Å². The lowest BCUT2D eigenvalue weighted by Gasteiger charge is -2.11. The Morgan fingerprint density at radius 3 is 2.57 bits per heavy atom. The molecule has 118 valence electrons. The number of hydrazine groups is 1. The average Bonchev–Trinajstić information content (AvgIpc) is 3.10. The van der Waals surface area contributed by atoms with Gasteiger partial charge >= 0.3 is 0 Å². The molecule has 0 atom stereocenters. The SMILES string of the molecule is Cc1ccc(-c2c(-c3cn(N(N)C=O)c(C)n3)cnn2C)cc1. The van der Waals surface area contributed by atoms with Crippen LogP contribution in [0.2, 0.25) is 0 Å². The fourth-order valence-corrected chi connectivity index (χ4v) is 2.56. The Morgan fingerprint density at radius 1 is 1.22 bits per heavy atom. The van der Waals surface area contributed by atoms with Gasteiger partial charge in [0.15, 0.2) is 0 Å². The van der Waals surface area contributed by atoms with Crippen LogP contribution in [0, 0.1) is 13.8 Å². The quantitative estimate of drug-likeness (QED) is 0.343. The van der Waals surface area contributed by atoms with Gasteiger partial charge in [0.1, 0.15) is 5.82 Å². The summed E-state index contributed by atoms with van der Waals surface area (Å²) in [6, 6.07) is 8.23. The molecule has 0 aliphatic rings. The molecular weight excluding hydrogens is 292 g/mol. The average molecular weight is 310 g/mol. The first-order chi connectivity index (χ1) is 11.0. The normalized spacial score (nSPS) is 10.8. The molecule has 3 rings (SSSR count). The maximum absolute atomic E-state index is 10.9. The van der Waals surface area contributed by atoms with Crippen LogP contribution in [-0.4, -0.2) is 25.9 Å². The molecule has 0 radical (unpaired) electrons. The second kappa shape index (κ2) is 5.69. The minimum Gasteiger partial charge on any atom is -0.275 e. The molecule has 1 aromatic carbocycles. The third kappa shape index (κ3) is 2.62. The van der Waals surface area contributed by atoms with Crippen LogP contribution in [0.25, 0.3) is 22.5 Å². The Labute approximate surface area is 133 Å². The van der Waals surface area contributed by atoms with Gasteiger partial charge in [-0.05, 0) is 13.8 Å². The summed E-state index contributed by atoms with van der Waals surface area (Å²) in [5, 5.41) is 5.30. The van der Waals surface area contributed by atoms with Crippen LogP contribution in [0.15, 0.2) is 36.7 Å². The van der Waals surface area contributed by atoms with Crippen LogP contribution in [0.1, 0.15) is 11.4 Å². The van der Waals surface area contributed by atoms with Crippen molar-refractivity contribution in [2.75, 3.05) is 5.12 Å². The fraction of sp³-hybridized carbons (Fsp3) is 0.188. The van der Waals surface area contributed by atoms with Gasteiger partial charge in [0.2, 0.25) is 6.41 Å². The summed E-state index contributed by atoms with van der Waals surface area (Å²) in [6.07, 6.45) is 4.02. The van der Waals surface area contributed by atoms with Crippen molar-refractivity contribution in [2.24, 2.45) is 12.9 Å². The van der Waals surface area contributed by atoms with E-state index in [1.165, 1.54) is 10.2 Å². The van der Waals surface area contributed by atoms with Crippen LogP contribution >= 0.6 is 0 Å². The number of amides is 1. The number of carbonyl (C=O) groups excluding carboxylic acids is 1. The third-order valence-corrected chi connectivity index (χ3v) is 3.75. The number of hydrogen-bond acceptors (Lipinski definition) is 4. The van der Waals surface area contributed by atoms with Gasteiger partial charge < -0.3 is 0 Å². The van der Waals surface area contributed by atoms with Crippen LogP contribution in [0.4, 0.5) is 0 Å². The number of aromatic nitrogens is 4. The van der Waals surface area contributed by atoms with E-state index in [0.717, 1.165) is 21.9 Å². The Hall–Kier alpha value is -2.93. The van der Waals surface area contributed by atoms with Crippen LogP contribution in [-0.2, 0) is 11.8 Å². The largest absolute Gasteiger partial charge is 0.275 e. The molecule has 3 aromatic rings. The summed E-state index contributed by atoms with van der Waals surface area (Å²) < 4.78 is 3.31. The van der Waals surface area contributed by atoms with E-state index in [9.17, 15) is 4.79 Å². The van der Waals surface area contributed by atoms with Crippen molar-refractivity contribution in [1.82, 2.24) is 19.4 Å². The summed E-state index contributed by atoms with van der Waals surface area (Å²) >= 11 is 0. The van der Waals surface area contributed by atoms with Crippen LogP contribution in [0.3, 0.4) is 0 Å². The smallest absolute Gasteiger partial charge is 0.243 e. The summed E-state index contributed by atoms with van der Waals surface area (Å²) in [5.41, 5.74) is 4.81. The molecule has 0 spiro atoms. The molecular formula is C16H18N6O. The minimum atomic E-state index is 0.530. The fourth-order valence-electron chi connectivity index (χ4n) is 2.56. The topological polar surface area (TPSA) is 82.0 Å². The van der Waals surface area contributed by atoms with Crippen molar-refractivity contribution in [1.29, 1.82) is 0 Å². The Balaban J connectivity index is 2.12. The lowest BCUT2D eigenvalue weighted by molar-refractivity contribution is -0.108. The van der Waals surface area contributed by atoms with Gasteiger partial charge in [-0.2, -0.15) is 10.2 Å². The Bertz CT molecular complexity index is 846. The van der Waals surface area contributed by atoms with Crippen molar-refractivity contribution in [3.63, 3.8) is 0 Å². The van der Waals surface area contributed by atoms with Crippen molar-refractivity contribution < 1.29 is 4.79 Å². The van der Waals surface area contributed by atoms with E-state index in [4.69, 9.17) is 5.84 Å². The molecule has 7 nitrogen and oxygen atoms in total. The maximum atomic E-state index is 10.9. The van der Waals surface area contributed by atoms with Crippen LogP contribution < -0.4 is 11.0 Å². The number of aryl methyl sites for hydroxylation is 3. The molecule has 2 aromatic heterocycles. The lowest BCUT2D eigenvalue weighted by Crippen LogP contribution is -2.40. The Kier molecular flexibility index (Phi) is 3.71. The number of benzene rings is 1. The van der Waals surface area contributed by atoms with Gasteiger partial charge in [-0.25, -0.2) is 15.5 Å². The molecule has 0 unspecified atom stereocenters. The van der Waals surface area contributed by atoms with Crippen molar-refractivity contribution in [3.8, 4) is 22.5 Å². The number of nitrogens with two attached hydrogens (primary N) is 1. The molecule has 23 heavy (non-hydrogen) atoms. The molecule has 0 saturated carbocycles. The summed E-state index contributed by atoms with van der Waals surface area (Å²) in [5.74, 6) is 6.24. The molecule has 0 saturated heterocycles. The van der Waals surface area contributed by atoms with Crippen LogP contribution in [0.5, 0.6) is 0 Å². The first-order valence-corrected chi connectivity index (χ1v) is 7.16. The molecule has 0 fully saturated rings. The zero-order chi connectivity index (χ0) is 16.6. The van der Waals surface area contributed by atoms with Crippen molar-refractivity contribution in [3.05, 3.63) is 48.0 Å². The molecule has 1 amide bonds. The predicted molar refractivity (Wildman–Crippen MR) is 87.8 cm³/mol. The van der Waals surface area contributed by atoms with E-state index in [-0.39, 0.29) is 0 Å². The first-order valence-electron chi connectivity index (χ1n) is 7.16. The van der Waals surface area contributed by atoms with E-state index in [1.54, 1.807) is 19.3 Å². The van der Waals surface area contributed by atoms with E-state index >= 15 is 0 Å². The summed E-state index contributed by atoms with van der Waals surface area (Å²) in [4.78, 5) is 15.4. The monoisotopic (exact) mass is 310 g/mol. The molecule has 7 heteroatoms. The second-order valence-corrected chi connectivity index (χ2v) is 5.40. The van der Waals surface area contributed by atoms with E-state index in [1.807, 2.05) is 18.7 Å². The number of nitrogens with zero attached hydrogens (tertiary/aromatic N) is 5. The highest BCUT2D eigenvalue weighted by atomic mass is 16.2. The van der Waals surface area contributed by atoms with Crippen molar-refractivity contribution >= 4 is 6.41 Å². The highest BCUT2D eigenvalue weighted by molar-refractivity contribution is 5.79. The van der Waals surface area contributed by atoms with Gasteiger partial charge in [-0.3, -0.25) is 9.48 Å². The predicted octanol–water partition coefficient (Wildman–Crippen LogP) is 1.54. The zero-order valence-electron chi connectivity index (χ0n) is 13.3. The number of imidazole rings is 1. The van der Waals surface area contributed by atoms with E-state index in [0.29, 0.717) is 17.9 Å². The maximum Gasteiger partial charge on any atom is 0.243 e. The third-order valence-electron chi connectivity index (χ3n) is 3.75. The van der Waals surface area contributed by atoms with E-state index in [2.05, 4.69) is 34.3 Å².